The first-order chi connectivity index (χ1) is 41.7. The summed E-state index contributed by atoms with van der Waals surface area (Å²) in [6.45, 7) is 0. The second kappa shape index (κ2) is 17.9. The number of anilines is 3. The number of benzene rings is 13. The van der Waals surface area contributed by atoms with Crippen LogP contribution in [0.3, 0.4) is 0 Å². The highest BCUT2D eigenvalue weighted by molar-refractivity contribution is 7.99. The van der Waals surface area contributed by atoms with Gasteiger partial charge in [-0.05, 0) is 149 Å². The minimum atomic E-state index is -0.589. The van der Waals surface area contributed by atoms with Gasteiger partial charge in [-0.15, -0.1) is 0 Å². The van der Waals surface area contributed by atoms with Gasteiger partial charge in [0.1, 0.15) is 11.5 Å². The molecule has 5 aliphatic rings. The molecule has 18 rings (SSSR count). The lowest BCUT2D eigenvalue weighted by atomic mass is 9.66. The molecular formula is C81H51NOS. The van der Waals surface area contributed by atoms with E-state index in [0.29, 0.717) is 0 Å². The van der Waals surface area contributed by atoms with Crippen molar-refractivity contribution < 1.29 is 4.74 Å². The van der Waals surface area contributed by atoms with Gasteiger partial charge < -0.3 is 9.64 Å². The Hall–Kier alpha value is -10.2. The first-order valence-electron chi connectivity index (χ1n) is 29.1. The zero-order valence-corrected chi connectivity index (χ0v) is 46.5. The number of hydrogen-bond acceptors (Lipinski definition) is 3. The number of ether oxygens (including phenoxy) is 1. The van der Waals surface area contributed by atoms with Gasteiger partial charge in [0.15, 0.2) is 0 Å². The maximum absolute atomic E-state index is 6.76. The van der Waals surface area contributed by atoms with E-state index >= 15 is 0 Å². The van der Waals surface area contributed by atoms with Crippen LogP contribution < -0.4 is 9.64 Å². The highest BCUT2D eigenvalue weighted by Crippen LogP contribution is 2.66. The minimum absolute atomic E-state index is 0.500. The van der Waals surface area contributed by atoms with Crippen LogP contribution >= 0.6 is 11.8 Å². The quantitative estimate of drug-likeness (QED) is 0.165. The third kappa shape index (κ3) is 6.16. The zero-order valence-electron chi connectivity index (χ0n) is 45.7. The number of fused-ring (bicyclic) bond motifs is 21. The van der Waals surface area contributed by atoms with Gasteiger partial charge in [-0.1, -0.05) is 267 Å². The minimum Gasteiger partial charge on any atom is -0.457 e. The van der Waals surface area contributed by atoms with Crippen molar-refractivity contribution in [3.63, 3.8) is 0 Å². The van der Waals surface area contributed by atoms with Crippen molar-refractivity contribution in [1.82, 2.24) is 0 Å². The van der Waals surface area contributed by atoms with E-state index in [-0.39, 0.29) is 0 Å². The van der Waals surface area contributed by atoms with Gasteiger partial charge in [0.25, 0.3) is 0 Å². The summed E-state index contributed by atoms with van der Waals surface area (Å²) in [5.74, 6) is 1.78. The van der Waals surface area contributed by atoms with Crippen LogP contribution in [0.15, 0.2) is 319 Å². The molecule has 392 valence electrons. The van der Waals surface area contributed by atoms with Crippen molar-refractivity contribution in [1.29, 1.82) is 0 Å². The van der Waals surface area contributed by atoms with Crippen LogP contribution in [0.25, 0.3) is 44.5 Å². The molecule has 0 fully saturated rings. The Balaban J connectivity index is 0.879. The molecule has 3 heteroatoms. The van der Waals surface area contributed by atoms with Crippen LogP contribution in [-0.2, 0) is 16.2 Å². The van der Waals surface area contributed by atoms with Gasteiger partial charge in [-0.3, -0.25) is 0 Å². The predicted molar refractivity (Wildman–Crippen MR) is 343 cm³/mol. The molecule has 0 radical (unpaired) electrons. The number of para-hydroxylation sites is 2. The van der Waals surface area contributed by atoms with Crippen LogP contribution in [0.1, 0.15) is 66.8 Å². The van der Waals surface area contributed by atoms with Gasteiger partial charge in [0.05, 0.1) is 21.9 Å². The highest BCUT2D eigenvalue weighted by Gasteiger charge is 2.53. The maximum atomic E-state index is 6.76. The number of rotatable bonds is 6. The highest BCUT2D eigenvalue weighted by atomic mass is 32.2. The predicted octanol–water partition coefficient (Wildman–Crippen LogP) is 20.5. The molecule has 0 aromatic heterocycles. The lowest BCUT2D eigenvalue weighted by Gasteiger charge is -2.40. The van der Waals surface area contributed by atoms with E-state index in [4.69, 9.17) is 4.74 Å². The van der Waals surface area contributed by atoms with Crippen molar-refractivity contribution in [2.75, 3.05) is 4.90 Å². The van der Waals surface area contributed by atoms with Crippen molar-refractivity contribution in [3.8, 4) is 56.0 Å². The van der Waals surface area contributed by atoms with Crippen LogP contribution in [0, 0.1) is 0 Å². The standard InChI is InChI=1S/C81H51NOS/c1-3-23-53(24-4-1)79(54-25-5-2-6-26-54)63-32-11-8-28-59(63)77-57(30-21-38-70(77)79)52-45-47-55(48-46-52)82(56-49-50-65-61(51-56)58-27-7-10-31-62(58)80(65)66-34-13-17-41-73(66)83-74-42-18-14-35-67(74)80)72-40-22-39-71-78(72)60-29-9-12-33-64(60)81(71)68-36-15-19-43-75(68)84-76-44-20-16-37-69(76)81/h1-51H. The molecule has 2 nitrogen and oxygen atoms in total. The van der Waals surface area contributed by atoms with E-state index in [0.717, 1.165) is 39.7 Å². The van der Waals surface area contributed by atoms with Crippen LogP contribution in [-0.4, -0.2) is 0 Å². The Labute approximate surface area is 493 Å². The molecule has 2 aliphatic heterocycles. The summed E-state index contributed by atoms with van der Waals surface area (Å²) in [5.41, 5.74) is 26.7. The van der Waals surface area contributed by atoms with E-state index < -0.39 is 16.2 Å². The fourth-order valence-corrected chi connectivity index (χ4v) is 17.2. The van der Waals surface area contributed by atoms with Crippen molar-refractivity contribution in [2.24, 2.45) is 0 Å². The average Bonchev–Trinajstić information content (AvgIpc) is 1.72. The Bertz CT molecular complexity index is 4740. The van der Waals surface area contributed by atoms with E-state index in [1.807, 2.05) is 11.8 Å². The second-order valence-corrected chi connectivity index (χ2v) is 23.9. The van der Waals surface area contributed by atoms with Gasteiger partial charge in [0.2, 0.25) is 0 Å². The summed E-state index contributed by atoms with van der Waals surface area (Å²) in [7, 11) is 0. The Kier molecular flexibility index (Phi) is 10.1. The smallest absolute Gasteiger partial charge is 0.132 e. The Morgan fingerprint density at radius 3 is 1.30 bits per heavy atom. The van der Waals surface area contributed by atoms with Gasteiger partial charge in [-0.2, -0.15) is 0 Å². The van der Waals surface area contributed by atoms with E-state index in [2.05, 4.69) is 314 Å². The Morgan fingerprint density at radius 1 is 0.262 bits per heavy atom. The molecule has 2 heterocycles. The van der Waals surface area contributed by atoms with Gasteiger partial charge in [0, 0.05) is 37.9 Å². The van der Waals surface area contributed by atoms with Crippen molar-refractivity contribution >= 4 is 28.8 Å². The molecule has 0 N–H and O–H groups in total. The Morgan fingerprint density at radius 2 is 0.679 bits per heavy atom. The van der Waals surface area contributed by atoms with Crippen LogP contribution in [0.5, 0.6) is 11.5 Å². The summed E-state index contributed by atoms with van der Waals surface area (Å²) in [5, 5.41) is 0. The molecule has 0 amide bonds. The van der Waals surface area contributed by atoms with E-state index in [9.17, 15) is 0 Å². The molecular weight excluding hydrogens is 1030 g/mol. The summed E-state index contributed by atoms with van der Waals surface area (Å²) >= 11 is 1.89. The van der Waals surface area contributed by atoms with Crippen molar-refractivity contribution in [2.45, 2.75) is 26.0 Å². The summed E-state index contributed by atoms with van der Waals surface area (Å²) in [6.07, 6.45) is 0. The molecule has 0 atom stereocenters. The molecule has 3 aliphatic carbocycles. The van der Waals surface area contributed by atoms with E-state index in [1.165, 1.54) is 110 Å². The summed E-state index contributed by atoms with van der Waals surface area (Å²) in [6, 6.07) is 116. The zero-order chi connectivity index (χ0) is 55.1. The third-order valence-electron chi connectivity index (χ3n) is 19.1. The molecule has 0 saturated carbocycles. The normalized spacial score (nSPS) is 14.8. The lowest BCUT2D eigenvalue weighted by molar-refractivity contribution is 0.436. The first-order valence-corrected chi connectivity index (χ1v) is 30.0. The topological polar surface area (TPSA) is 12.5 Å². The molecule has 0 saturated heterocycles. The van der Waals surface area contributed by atoms with Crippen molar-refractivity contribution in [3.05, 3.63) is 376 Å². The van der Waals surface area contributed by atoms with Crippen LogP contribution in [0.4, 0.5) is 17.1 Å². The van der Waals surface area contributed by atoms with Gasteiger partial charge >= 0.3 is 0 Å². The largest absolute Gasteiger partial charge is 0.457 e. The summed E-state index contributed by atoms with van der Waals surface area (Å²) < 4.78 is 6.76. The monoisotopic (exact) mass is 1090 g/mol. The maximum Gasteiger partial charge on any atom is 0.132 e. The first kappa shape index (κ1) is 47.4. The SMILES string of the molecule is c1ccc(C2(c3ccccc3)c3ccccc3-c3c(-c4ccc(N(c5ccc6c(c5)-c5ccccc5C65c6ccccc6Oc6ccccc65)c5cccc6c5-c5ccccc5C65c6ccccc6Sc6ccccc65)cc4)cccc32)cc1. The average molecular weight is 1090 g/mol. The molecule has 0 bridgehead atoms. The summed E-state index contributed by atoms with van der Waals surface area (Å²) in [4.78, 5) is 5.13. The molecule has 2 spiro atoms. The molecule has 0 unspecified atom stereocenters. The fraction of sp³-hybridized carbons (Fsp3) is 0.0370. The molecule has 13 aromatic carbocycles. The lowest BCUT2D eigenvalue weighted by Crippen LogP contribution is -2.32. The second-order valence-electron chi connectivity index (χ2n) is 22.8. The van der Waals surface area contributed by atoms with Gasteiger partial charge in [-0.25, -0.2) is 0 Å². The van der Waals surface area contributed by atoms with Crippen LogP contribution in [0.2, 0.25) is 0 Å². The third-order valence-corrected chi connectivity index (χ3v) is 20.2. The van der Waals surface area contributed by atoms with E-state index in [1.54, 1.807) is 0 Å². The molecule has 13 aromatic rings. The fourth-order valence-electron chi connectivity index (χ4n) is 16.0. The number of nitrogens with zero attached hydrogens (tertiary/aromatic N) is 1. The molecule has 84 heavy (non-hydrogen) atoms. The number of hydrogen-bond donors (Lipinski definition) is 0.